The Morgan fingerprint density at radius 2 is 1.56 bits per heavy atom. The molecule has 4 aliphatic rings. The van der Waals surface area contributed by atoms with Gasteiger partial charge < -0.3 is 65.3 Å². The lowest BCUT2D eigenvalue weighted by Crippen LogP contribution is -2.49. The van der Waals surface area contributed by atoms with Crippen LogP contribution in [-0.2, 0) is 36.3 Å². The fourth-order valence-electron chi connectivity index (χ4n) is 10.9. The number of benzene rings is 3. The van der Waals surface area contributed by atoms with Crippen LogP contribution in [0, 0.1) is 0 Å². The molecule has 426 valence electrons. The van der Waals surface area contributed by atoms with Gasteiger partial charge in [-0.05, 0) is 88.6 Å². The Labute approximate surface area is 456 Å². The Hall–Kier alpha value is -6.70. The minimum absolute atomic E-state index is 0.00908. The first-order valence-electron chi connectivity index (χ1n) is 24.9. The number of allylic oxidation sites excluding steroid dienone is 2. The predicted octanol–water partition coefficient (Wildman–Crippen LogP) is 4.31. The second kappa shape index (κ2) is 21.3. The maximum atomic E-state index is 13.8. The highest BCUT2D eigenvalue weighted by atomic mass is 31.3. The van der Waals surface area contributed by atoms with Gasteiger partial charge in [-0.1, -0.05) is 12.1 Å². The van der Waals surface area contributed by atoms with E-state index in [1.807, 2.05) is 24.3 Å². The molecule has 80 heavy (non-hydrogen) atoms. The highest BCUT2D eigenvalue weighted by Gasteiger charge is 2.50. The van der Waals surface area contributed by atoms with Crippen molar-refractivity contribution in [2.24, 2.45) is 0 Å². The molecule has 2 unspecified atom stereocenters. The number of carboxylic acids is 1. The summed E-state index contributed by atoms with van der Waals surface area (Å²) in [6, 6.07) is 12.5. The Bertz CT molecular complexity index is 3760. The minimum atomic E-state index is -5.90. The molecule has 3 aromatic carbocycles. The van der Waals surface area contributed by atoms with Crippen molar-refractivity contribution in [1.29, 1.82) is 0 Å². The van der Waals surface area contributed by atoms with Crippen molar-refractivity contribution in [3.05, 3.63) is 111 Å². The van der Waals surface area contributed by atoms with Crippen LogP contribution in [0.15, 0.2) is 67.3 Å². The fourth-order valence-corrected chi connectivity index (χ4v) is 13.9. The van der Waals surface area contributed by atoms with Gasteiger partial charge in [-0.15, -0.1) is 0 Å². The van der Waals surface area contributed by atoms with Gasteiger partial charge >= 0.3 is 35.5 Å². The van der Waals surface area contributed by atoms with Gasteiger partial charge in [-0.3, -0.25) is 13.9 Å². The molecule has 6 heterocycles. The summed E-state index contributed by atoms with van der Waals surface area (Å²) < 4.78 is 69.4. The summed E-state index contributed by atoms with van der Waals surface area (Å²) in [5.74, 6) is -0.967. The number of likely N-dealkylation sites (N-methyl/N-ethyl adjacent to an activating group) is 2. The quantitative estimate of drug-likeness (QED) is 0.0349. The number of nitrogen functional groups attached to an aromatic ring is 1. The van der Waals surface area contributed by atoms with Crippen LogP contribution in [0.1, 0.15) is 105 Å². The molecule has 30 heteroatoms. The van der Waals surface area contributed by atoms with E-state index in [-0.39, 0.29) is 52.3 Å². The van der Waals surface area contributed by atoms with Crippen LogP contribution in [0.3, 0.4) is 0 Å². The van der Waals surface area contributed by atoms with Gasteiger partial charge in [-0.25, -0.2) is 42.8 Å². The van der Waals surface area contributed by atoms with Crippen molar-refractivity contribution in [2.75, 3.05) is 43.4 Å². The number of aromatic carboxylic acids is 1. The second-order valence-corrected chi connectivity index (χ2v) is 24.7. The Kier molecular flexibility index (Phi) is 15.4. The minimum Gasteiger partial charge on any atom is -0.478 e. The predicted molar refractivity (Wildman–Crippen MR) is 288 cm³/mol. The largest absolute Gasteiger partial charge is 0.490 e. The number of hydrogen-bond donors (Lipinski definition) is 9. The van der Waals surface area contributed by atoms with E-state index in [9.17, 15) is 48.1 Å². The smallest absolute Gasteiger partial charge is 0.478 e. The highest BCUT2D eigenvalue weighted by Crippen LogP contribution is 2.66. The summed E-state index contributed by atoms with van der Waals surface area (Å²) >= 11 is 0. The zero-order chi connectivity index (χ0) is 58.2. The summed E-state index contributed by atoms with van der Waals surface area (Å²) in [6.45, 7) is 16.7. The summed E-state index contributed by atoms with van der Waals surface area (Å²) in [5.41, 5.74) is 11.8. The first kappa shape index (κ1) is 58.0. The number of carbonyl (C=O) groups excluding carboxylic acids is 2. The molecule has 0 radical (unpaired) electrons. The lowest BCUT2D eigenvalue weighted by molar-refractivity contribution is -0.0522. The number of carboxylic acid groups (broad SMARTS) is 1. The Morgan fingerprint density at radius 3 is 2.25 bits per heavy atom. The van der Waals surface area contributed by atoms with Gasteiger partial charge in [0.25, 0.3) is 5.91 Å². The number of rotatable bonds is 17. The van der Waals surface area contributed by atoms with E-state index in [0.717, 1.165) is 46.0 Å². The zero-order valence-electron chi connectivity index (χ0n) is 44.4. The molecular weight excluding hydrogens is 1110 g/mol. The van der Waals surface area contributed by atoms with E-state index in [1.54, 1.807) is 6.07 Å². The van der Waals surface area contributed by atoms with Gasteiger partial charge in [0, 0.05) is 78.3 Å². The number of nitrogens with zero attached hydrogens (tertiary/aromatic N) is 6. The number of aliphatic hydroxyl groups excluding tert-OH is 1. The van der Waals surface area contributed by atoms with E-state index >= 15 is 0 Å². The van der Waals surface area contributed by atoms with Crippen LogP contribution in [0.25, 0.3) is 27.9 Å². The van der Waals surface area contributed by atoms with Crippen molar-refractivity contribution >= 4 is 80.8 Å². The number of anilines is 2. The third kappa shape index (κ3) is 11.3. The molecule has 0 spiro atoms. The average molecular weight is 1170 g/mol. The van der Waals surface area contributed by atoms with Crippen molar-refractivity contribution in [2.45, 2.75) is 91.0 Å². The van der Waals surface area contributed by atoms with E-state index in [1.165, 1.54) is 16.7 Å². The number of aliphatic hydroxyl groups is 1. The van der Waals surface area contributed by atoms with E-state index in [2.05, 4.69) is 116 Å². The zero-order valence-corrected chi connectivity index (χ0v) is 47.1. The number of imidazole rings is 1. The molecule has 2 amide bonds. The molecule has 0 aliphatic carbocycles. The van der Waals surface area contributed by atoms with Gasteiger partial charge in [0.1, 0.15) is 42.1 Å². The van der Waals surface area contributed by atoms with Gasteiger partial charge in [0.05, 0.1) is 30.1 Å². The van der Waals surface area contributed by atoms with Gasteiger partial charge in [0.15, 0.2) is 29.3 Å². The van der Waals surface area contributed by atoms with Crippen LogP contribution >= 0.6 is 23.5 Å². The van der Waals surface area contributed by atoms with Crippen molar-refractivity contribution in [1.82, 2.24) is 34.7 Å². The molecule has 0 bridgehead atoms. The summed E-state index contributed by atoms with van der Waals surface area (Å²) in [7, 11) is -17.3. The number of carbonyl (C=O) groups is 3. The Morgan fingerprint density at radius 1 is 0.850 bits per heavy atom. The fraction of sp³-hybridized carbons (Fsp3) is 0.380. The standard InChI is InChI=1S/C50H58N9O18P3/c1-9-58-34-18-36-32(16-29(34)25(3)20-49(58,5)6)39(33-17-30-26(4)21-50(7,8)59(10-2)35(30)19-37(33)73-36)28-12-11-27(15-31(28)47(62)63)45(61)52-13-14-53-48(64)75-42-41(60)38(22-72-79(68,69)77-80(70,71)76-78(65,66)67)74-46(42)57-24-56-40-43(51)54-23-55-44(40)57/h11-12,15-21,23-24,38,41-42,46,60H,9-10,13-14,22H2,1-8H3,(H8-,51,52,53,54,55,61,62,63,64,65,66,67,68,69,70,71)/p+1/t38-,41-,42-,46-/m1/s1. The molecule has 1 fully saturated rings. The second-order valence-electron chi connectivity index (χ2n) is 20.3. The number of hydrogen-bond acceptors (Lipinski definition) is 18. The Balaban J connectivity index is 0.957. The average Bonchev–Trinajstić information content (AvgIpc) is 3.93. The summed E-state index contributed by atoms with van der Waals surface area (Å²) in [5, 5.41) is 29.0. The van der Waals surface area contributed by atoms with Crippen molar-refractivity contribution in [3.63, 3.8) is 0 Å². The number of alkyl carbamates (subject to hydrolysis) is 1. The van der Waals surface area contributed by atoms with Crippen molar-refractivity contribution in [3.8, 4) is 11.5 Å². The van der Waals surface area contributed by atoms with Gasteiger partial charge in [0.2, 0.25) is 5.36 Å². The maximum Gasteiger partial charge on any atom is 0.490 e. The number of nitrogens with two attached hydrogens (primary N) is 1. The molecule has 1 saturated heterocycles. The first-order chi connectivity index (χ1) is 37.4. The van der Waals surface area contributed by atoms with E-state index in [4.69, 9.17) is 29.7 Å². The van der Waals surface area contributed by atoms with Crippen LogP contribution in [0.4, 0.5) is 16.3 Å². The van der Waals surface area contributed by atoms with Gasteiger partial charge in [-0.2, -0.15) is 8.62 Å². The molecule has 2 aromatic heterocycles. The molecule has 5 aromatic rings. The molecular formula is C50H59N9O18P3+. The van der Waals surface area contributed by atoms with Crippen molar-refractivity contribution < 1.29 is 85.2 Å². The molecule has 9 rings (SSSR count). The van der Waals surface area contributed by atoms with Crippen LogP contribution in [0.2, 0.25) is 0 Å². The normalized spacial score (nSPS) is 21.4. The molecule has 0 saturated carbocycles. The lowest BCUT2D eigenvalue weighted by Gasteiger charge is -2.43. The first-order valence-corrected chi connectivity index (χ1v) is 29.5. The molecule has 4 aliphatic heterocycles. The van der Waals surface area contributed by atoms with Crippen LogP contribution in [-0.4, -0.2) is 129 Å². The number of phosphoric acid groups is 3. The van der Waals surface area contributed by atoms with Crippen LogP contribution < -0.4 is 41.2 Å². The van der Waals surface area contributed by atoms with Crippen LogP contribution in [0.5, 0.6) is 11.5 Å². The summed E-state index contributed by atoms with van der Waals surface area (Å²) in [4.78, 5) is 92.3. The topological polar surface area (TPSA) is 379 Å². The molecule has 27 nitrogen and oxygen atoms in total. The number of phosphoric ester groups is 1. The number of amides is 2. The molecule has 10 N–H and O–H groups in total. The lowest BCUT2D eigenvalue weighted by atomic mass is 9.83. The SMILES string of the molecule is CCN1c2cc3c(cc2C(C)=CC1(C)C)C(c1ccc(C(=O)NCCNC(=O)O[C@@H]2[C@H](O)[C@@H](COP(=O)(O)OP(=O)(O)OP(=O)(O)O)O[C@H]2n2cnc4c(N)ncnc42)cc1C(=O)O)=c1cc2c(cc1O3)=[N+](CC)C(C)(C)C=C2C. The maximum absolute atomic E-state index is 13.8. The van der Waals surface area contributed by atoms with E-state index < -0.39 is 72.6 Å². The summed E-state index contributed by atoms with van der Waals surface area (Å²) in [6.07, 6.45) is -1.33. The van der Waals surface area contributed by atoms with E-state index in [0.29, 0.717) is 46.5 Å². The number of nitrogens with one attached hydrogen (secondary N) is 2. The third-order valence-electron chi connectivity index (χ3n) is 14.0. The monoisotopic (exact) mass is 1170 g/mol. The number of aromatic nitrogens is 4. The molecule has 6 atom stereocenters. The number of fused-ring (bicyclic) bond motifs is 5. The number of ether oxygens (including phenoxy) is 3. The third-order valence-corrected chi connectivity index (χ3v) is 17.8. The highest BCUT2D eigenvalue weighted by molar-refractivity contribution is 7.66.